The molecule has 1 amide bonds. The Balaban J connectivity index is 1.38. The van der Waals surface area contributed by atoms with Crippen LogP contribution < -0.4 is 0 Å². The van der Waals surface area contributed by atoms with Gasteiger partial charge < -0.3 is 9.42 Å². The maximum atomic E-state index is 12.6. The number of carbonyl (C=O) groups is 1. The molecule has 0 unspecified atom stereocenters. The molecule has 0 saturated carbocycles. The van der Waals surface area contributed by atoms with Crippen molar-refractivity contribution in [3.05, 3.63) is 58.1 Å². The van der Waals surface area contributed by atoms with E-state index in [1.165, 1.54) is 0 Å². The Labute approximate surface area is 163 Å². The molecule has 0 radical (unpaired) electrons. The molecule has 5 nitrogen and oxygen atoms in total. The van der Waals surface area contributed by atoms with E-state index in [0.29, 0.717) is 24.1 Å². The second kappa shape index (κ2) is 8.05. The third-order valence-electron chi connectivity index (χ3n) is 5.09. The van der Waals surface area contributed by atoms with Gasteiger partial charge in [-0.25, -0.2) is 0 Å². The Hall–Kier alpha value is -2.47. The van der Waals surface area contributed by atoms with Crippen LogP contribution in [-0.2, 0) is 17.6 Å². The standard InChI is InChI=1S/C21H23N3O2S/c1-15-6-2-3-9-18(15)21-22-19(26-23-21)12-16-7-4-10-24(14-16)20(25)13-17-8-5-11-27-17/h2-3,5-6,8-9,11,16H,4,7,10,12-14H2,1H3/t16-/m1/s1. The molecule has 1 fully saturated rings. The summed E-state index contributed by atoms with van der Waals surface area (Å²) in [6.45, 7) is 3.66. The highest BCUT2D eigenvalue weighted by molar-refractivity contribution is 7.10. The minimum atomic E-state index is 0.216. The van der Waals surface area contributed by atoms with Crippen molar-refractivity contribution in [3.63, 3.8) is 0 Å². The molecule has 1 aliphatic rings. The van der Waals surface area contributed by atoms with E-state index in [2.05, 4.69) is 10.1 Å². The zero-order valence-corrected chi connectivity index (χ0v) is 16.2. The molecule has 4 rings (SSSR count). The van der Waals surface area contributed by atoms with Crippen LogP contribution in [0.25, 0.3) is 11.4 Å². The summed E-state index contributed by atoms with van der Waals surface area (Å²) in [7, 11) is 0. The highest BCUT2D eigenvalue weighted by Crippen LogP contribution is 2.24. The Morgan fingerprint density at radius 1 is 1.30 bits per heavy atom. The molecule has 0 bridgehead atoms. The summed E-state index contributed by atoms with van der Waals surface area (Å²) in [6.07, 6.45) is 3.34. The van der Waals surface area contributed by atoms with Gasteiger partial charge in [-0.3, -0.25) is 4.79 Å². The molecule has 1 saturated heterocycles. The van der Waals surface area contributed by atoms with E-state index < -0.39 is 0 Å². The van der Waals surface area contributed by atoms with Crippen molar-refractivity contribution in [1.29, 1.82) is 0 Å². The lowest BCUT2D eigenvalue weighted by Crippen LogP contribution is -2.41. The molecule has 1 atom stereocenters. The lowest BCUT2D eigenvalue weighted by molar-refractivity contribution is -0.132. The zero-order chi connectivity index (χ0) is 18.6. The van der Waals surface area contributed by atoms with E-state index in [4.69, 9.17) is 4.52 Å². The van der Waals surface area contributed by atoms with Crippen molar-refractivity contribution in [2.45, 2.75) is 32.6 Å². The van der Waals surface area contributed by atoms with E-state index in [1.807, 2.05) is 53.6 Å². The molecule has 3 heterocycles. The SMILES string of the molecule is Cc1ccccc1-c1noc(C[C@H]2CCCN(C(=O)Cc3cccs3)C2)n1. The largest absolute Gasteiger partial charge is 0.342 e. The maximum Gasteiger partial charge on any atom is 0.227 e. The van der Waals surface area contributed by atoms with Gasteiger partial charge >= 0.3 is 0 Å². The number of benzene rings is 1. The number of carbonyl (C=O) groups excluding carboxylic acids is 1. The minimum absolute atomic E-state index is 0.216. The molecule has 1 aromatic carbocycles. The number of nitrogens with zero attached hydrogens (tertiary/aromatic N) is 3. The third-order valence-corrected chi connectivity index (χ3v) is 5.97. The second-order valence-corrected chi connectivity index (χ2v) is 8.17. The van der Waals surface area contributed by atoms with Crippen LogP contribution in [0.5, 0.6) is 0 Å². The fraction of sp³-hybridized carbons (Fsp3) is 0.381. The van der Waals surface area contributed by atoms with E-state index in [-0.39, 0.29) is 5.91 Å². The fourth-order valence-electron chi connectivity index (χ4n) is 3.65. The Kier molecular flexibility index (Phi) is 5.34. The van der Waals surface area contributed by atoms with E-state index in [9.17, 15) is 4.79 Å². The number of likely N-dealkylation sites (tertiary alicyclic amines) is 1. The van der Waals surface area contributed by atoms with E-state index >= 15 is 0 Å². The highest BCUT2D eigenvalue weighted by Gasteiger charge is 2.25. The van der Waals surface area contributed by atoms with Crippen LogP contribution in [0.15, 0.2) is 46.3 Å². The van der Waals surface area contributed by atoms with Crippen LogP contribution in [0.3, 0.4) is 0 Å². The molecule has 1 aliphatic heterocycles. The number of hydrogen-bond donors (Lipinski definition) is 0. The lowest BCUT2D eigenvalue weighted by atomic mass is 9.94. The zero-order valence-electron chi connectivity index (χ0n) is 15.4. The molecule has 6 heteroatoms. The monoisotopic (exact) mass is 381 g/mol. The molecule has 0 N–H and O–H groups in total. The van der Waals surface area contributed by atoms with Crippen molar-refractivity contribution in [3.8, 4) is 11.4 Å². The topological polar surface area (TPSA) is 59.2 Å². The van der Waals surface area contributed by atoms with E-state index in [0.717, 1.165) is 48.4 Å². The number of amides is 1. The van der Waals surface area contributed by atoms with Gasteiger partial charge in [0.1, 0.15) is 0 Å². The first-order chi connectivity index (χ1) is 13.2. The molecular weight excluding hydrogens is 358 g/mol. The van der Waals surface area contributed by atoms with Gasteiger partial charge in [0.2, 0.25) is 17.6 Å². The molecule has 0 spiro atoms. The molecule has 3 aromatic rings. The van der Waals surface area contributed by atoms with Gasteiger partial charge in [-0.2, -0.15) is 4.98 Å². The number of aryl methyl sites for hydroxylation is 1. The first kappa shape index (κ1) is 17.9. The number of rotatable bonds is 5. The molecule has 140 valence electrons. The van der Waals surface area contributed by atoms with Crippen LogP contribution in [0.1, 0.15) is 29.2 Å². The highest BCUT2D eigenvalue weighted by atomic mass is 32.1. The summed E-state index contributed by atoms with van der Waals surface area (Å²) in [5.74, 6) is 1.89. The number of hydrogen-bond acceptors (Lipinski definition) is 5. The predicted molar refractivity (Wildman–Crippen MR) is 106 cm³/mol. The minimum Gasteiger partial charge on any atom is -0.342 e. The molecule has 0 aliphatic carbocycles. The van der Waals surface area contributed by atoms with Gasteiger partial charge in [0.15, 0.2) is 0 Å². The van der Waals surface area contributed by atoms with Gasteiger partial charge in [-0.1, -0.05) is 35.5 Å². The first-order valence-corrected chi connectivity index (χ1v) is 10.3. The smallest absolute Gasteiger partial charge is 0.227 e. The summed E-state index contributed by atoms with van der Waals surface area (Å²) in [5, 5.41) is 6.17. The van der Waals surface area contributed by atoms with Crippen LogP contribution in [-0.4, -0.2) is 34.0 Å². The van der Waals surface area contributed by atoms with Gasteiger partial charge in [-0.15, -0.1) is 11.3 Å². The van der Waals surface area contributed by atoms with Gasteiger partial charge in [0, 0.05) is 30.0 Å². The van der Waals surface area contributed by atoms with Crippen LogP contribution in [0, 0.1) is 12.8 Å². The number of thiophene rings is 1. The molecular formula is C21H23N3O2S. The average molecular weight is 382 g/mol. The first-order valence-electron chi connectivity index (χ1n) is 9.38. The Morgan fingerprint density at radius 3 is 3.00 bits per heavy atom. The van der Waals surface area contributed by atoms with Gasteiger partial charge in [-0.05, 0) is 42.7 Å². The average Bonchev–Trinajstić information content (AvgIpc) is 3.34. The second-order valence-electron chi connectivity index (χ2n) is 7.13. The molecule has 2 aromatic heterocycles. The number of aromatic nitrogens is 2. The predicted octanol–water partition coefficient (Wildman–Crippen LogP) is 4.13. The van der Waals surface area contributed by atoms with Gasteiger partial charge in [0.05, 0.1) is 6.42 Å². The summed E-state index contributed by atoms with van der Waals surface area (Å²) in [4.78, 5) is 20.3. The van der Waals surface area contributed by atoms with Crippen molar-refractivity contribution in [2.24, 2.45) is 5.92 Å². The Bertz CT molecular complexity index is 904. The van der Waals surface area contributed by atoms with Crippen molar-refractivity contribution in [1.82, 2.24) is 15.0 Å². The lowest BCUT2D eigenvalue weighted by Gasteiger charge is -2.32. The summed E-state index contributed by atoms with van der Waals surface area (Å²) >= 11 is 1.64. The fourth-order valence-corrected chi connectivity index (χ4v) is 4.35. The van der Waals surface area contributed by atoms with Crippen molar-refractivity contribution in [2.75, 3.05) is 13.1 Å². The van der Waals surface area contributed by atoms with Crippen LogP contribution in [0.4, 0.5) is 0 Å². The number of piperidine rings is 1. The summed E-state index contributed by atoms with van der Waals surface area (Å²) < 4.78 is 5.49. The van der Waals surface area contributed by atoms with Crippen LogP contribution >= 0.6 is 11.3 Å². The van der Waals surface area contributed by atoms with Gasteiger partial charge in [0.25, 0.3) is 0 Å². The van der Waals surface area contributed by atoms with E-state index in [1.54, 1.807) is 11.3 Å². The Morgan fingerprint density at radius 2 is 2.19 bits per heavy atom. The quantitative estimate of drug-likeness (QED) is 0.667. The summed E-state index contributed by atoms with van der Waals surface area (Å²) in [5.41, 5.74) is 2.14. The van der Waals surface area contributed by atoms with Crippen molar-refractivity contribution >= 4 is 17.2 Å². The molecule has 27 heavy (non-hydrogen) atoms. The van der Waals surface area contributed by atoms with Crippen LogP contribution in [0.2, 0.25) is 0 Å². The normalized spacial score (nSPS) is 17.2. The maximum absolute atomic E-state index is 12.6. The van der Waals surface area contributed by atoms with Crippen molar-refractivity contribution < 1.29 is 9.32 Å². The summed E-state index contributed by atoms with van der Waals surface area (Å²) in [6, 6.07) is 12.1. The third kappa shape index (κ3) is 4.27.